The number of amides is 2. The number of fused-ring (bicyclic) bond motifs is 3. The Morgan fingerprint density at radius 1 is 1.12 bits per heavy atom. The molecule has 170 valence electrons. The van der Waals surface area contributed by atoms with Crippen molar-refractivity contribution in [3.8, 4) is 23.0 Å². The van der Waals surface area contributed by atoms with E-state index < -0.39 is 23.4 Å². The van der Waals surface area contributed by atoms with Gasteiger partial charge in [-0.3, -0.25) is 9.59 Å². The maximum Gasteiger partial charge on any atom is 0.407 e. The van der Waals surface area contributed by atoms with Crippen LogP contribution in [0.1, 0.15) is 30.9 Å². The monoisotopic (exact) mass is 446 g/mol. The SMILES string of the molecule is C[C@@H]1CN(C(=O)C#CCNC(=O)OCC2c3ccccc3-c3ccccc32)C[C@@]1(C)C(=O)O. The molecule has 1 fully saturated rings. The van der Waals surface area contributed by atoms with Crippen molar-refractivity contribution in [3.05, 3.63) is 59.7 Å². The minimum absolute atomic E-state index is 0.0310. The Hall–Kier alpha value is -3.79. The summed E-state index contributed by atoms with van der Waals surface area (Å²) in [6.45, 7) is 4.08. The number of hydrogen-bond donors (Lipinski definition) is 2. The minimum atomic E-state index is -0.975. The Bertz CT molecular complexity index is 1120. The number of carboxylic acids is 1. The molecule has 0 aromatic heterocycles. The Labute approximate surface area is 192 Å². The van der Waals surface area contributed by atoms with Crippen LogP contribution in [0.5, 0.6) is 0 Å². The van der Waals surface area contributed by atoms with E-state index in [2.05, 4.69) is 29.3 Å². The Morgan fingerprint density at radius 3 is 2.30 bits per heavy atom. The third-order valence-electron chi connectivity index (χ3n) is 6.74. The molecule has 7 nitrogen and oxygen atoms in total. The second-order valence-corrected chi connectivity index (χ2v) is 8.79. The molecule has 2 N–H and O–H groups in total. The van der Waals surface area contributed by atoms with Crippen molar-refractivity contribution in [2.75, 3.05) is 26.2 Å². The fourth-order valence-electron chi connectivity index (χ4n) is 4.55. The van der Waals surface area contributed by atoms with E-state index in [1.165, 1.54) is 4.90 Å². The van der Waals surface area contributed by atoms with Gasteiger partial charge in [-0.15, -0.1) is 0 Å². The van der Waals surface area contributed by atoms with Crippen molar-refractivity contribution >= 4 is 18.0 Å². The zero-order valence-electron chi connectivity index (χ0n) is 18.6. The normalized spacial score (nSPS) is 20.9. The van der Waals surface area contributed by atoms with Crippen LogP contribution in [-0.4, -0.2) is 54.2 Å². The van der Waals surface area contributed by atoms with Crippen LogP contribution in [0.2, 0.25) is 0 Å². The van der Waals surface area contributed by atoms with Crippen molar-refractivity contribution in [2.24, 2.45) is 11.3 Å². The first-order valence-corrected chi connectivity index (χ1v) is 10.9. The first-order valence-electron chi connectivity index (χ1n) is 10.9. The van der Waals surface area contributed by atoms with E-state index >= 15 is 0 Å². The highest BCUT2D eigenvalue weighted by molar-refractivity contribution is 5.94. The van der Waals surface area contributed by atoms with Crippen LogP contribution < -0.4 is 5.32 Å². The average molecular weight is 447 g/mol. The summed E-state index contributed by atoms with van der Waals surface area (Å²) in [5.74, 6) is 3.53. The number of rotatable bonds is 4. The fraction of sp³-hybridized carbons (Fsp3) is 0.346. The van der Waals surface area contributed by atoms with E-state index in [-0.39, 0.29) is 31.5 Å². The molecule has 0 unspecified atom stereocenters. The third-order valence-corrected chi connectivity index (χ3v) is 6.74. The smallest absolute Gasteiger partial charge is 0.407 e. The summed E-state index contributed by atoms with van der Waals surface area (Å²) >= 11 is 0. The number of carbonyl (C=O) groups excluding carboxylic acids is 2. The number of benzene rings is 2. The summed E-state index contributed by atoms with van der Waals surface area (Å²) in [6.07, 6.45) is -0.605. The molecule has 4 rings (SSSR count). The molecule has 0 radical (unpaired) electrons. The van der Waals surface area contributed by atoms with Gasteiger partial charge in [0.15, 0.2) is 0 Å². The quantitative estimate of drug-likeness (QED) is 0.704. The number of hydrogen-bond acceptors (Lipinski definition) is 4. The van der Waals surface area contributed by atoms with Gasteiger partial charge in [0.2, 0.25) is 0 Å². The van der Waals surface area contributed by atoms with Crippen LogP contribution in [0.25, 0.3) is 11.1 Å². The Balaban J connectivity index is 1.28. The lowest BCUT2D eigenvalue weighted by molar-refractivity contribution is -0.149. The molecule has 2 atom stereocenters. The highest BCUT2D eigenvalue weighted by Gasteiger charge is 2.47. The van der Waals surface area contributed by atoms with E-state index in [1.54, 1.807) is 6.92 Å². The molecule has 2 aliphatic rings. The number of ether oxygens (including phenoxy) is 1. The first kappa shape index (κ1) is 22.4. The van der Waals surface area contributed by atoms with Crippen LogP contribution in [-0.2, 0) is 14.3 Å². The molecule has 0 saturated carbocycles. The van der Waals surface area contributed by atoms with Crippen molar-refractivity contribution in [1.82, 2.24) is 10.2 Å². The Morgan fingerprint density at radius 2 is 1.73 bits per heavy atom. The maximum absolute atomic E-state index is 12.3. The molecule has 0 bridgehead atoms. The van der Waals surface area contributed by atoms with E-state index in [1.807, 2.05) is 43.3 Å². The summed E-state index contributed by atoms with van der Waals surface area (Å²) in [6, 6.07) is 16.2. The van der Waals surface area contributed by atoms with Crippen LogP contribution in [0.4, 0.5) is 4.79 Å². The summed E-state index contributed by atoms with van der Waals surface area (Å²) in [5.41, 5.74) is 3.59. The first-order chi connectivity index (χ1) is 15.8. The molecule has 2 amide bonds. The van der Waals surface area contributed by atoms with Gasteiger partial charge in [0.1, 0.15) is 6.61 Å². The topological polar surface area (TPSA) is 95.9 Å². The number of likely N-dealkylation sites (tertiary alicyclic amines) is 1. The van der Waals surface area contributed by atoms with Crippen molar-refractivity contribution < 1.29 is 24.2 Å². The lowest BCUT2D eigenvalue weighted by atomic mass is 9.81. The number of alkyl carbamates (subject to hydrolysis) is 1. The molecule has 33 heavy (non-hydrogen) atoms. The van der Waals surface area contributed by atoms with Crippen molar-refractivity contribution in [2.45, 2.75) is 19.8 Å². The Kier molecular flexibility index (Phi) is 6.10. The number of nitrogens with one attached hydrogen (secondary N) is 1. The molecule has 2 aromatic carbocycles. The highest BCUT2D eigenvalue weighted by atomic mass is 16.5. The zero-order valence-corrected chi connectivity index (χ0v) is 18.6. The predicted molar refractivity (Wildman–Crippen MR) is 122 cm³/mol. The molecular formula is C26H26N2O5. The van der Waals surface area contributed by atoms with Crippen LogP contribution in [0, 0.1) is 23.2 Å². The van der Waals surface area contributed by atoms with Gasteiger partial charge < -0.3 is 20.1 Å². The molecule has 1 aliphatic carbocycles. The van der Waals surface area contributed by atoms with Gasteiger partial charge in [-0.2, -0.15) is 0 Å². The second-order valence-electron chi connectivity index (χ2n) is 8.79. The van der Waals surface area contributed by atoms with Crippen molar-refractivity contribution in [1.29, 1.82) is 0 Å². The molecule has 0 spiro atoms. The van der Waals surface area contributed by atoms with Crippen LogP contribution in [0.3, 0.4) is 0 Å². The molecular weight excluding hydrogens is 420 g/mol. The zero-order chi connectivity index (χ0) is 23.6. The van der Waals surface area contributed by atoms with Crippen LogP contribution in [0.15, 0.2) is 48.5 Å². The number of carboxylic acid groups (broad SMARTS) is 1. The second kappa shape index (κ2) is 8.99. The third kappa shape index (κ3) is 4.29. The van der Waals surface area contributed by atoms with Gasteiger partial charge >= 0.3 is 12.1 Å². The van der Waals surface area contributed by atoms with Gasteiger partial charge in [0, 0.05) is 19.0 Å². The number of aliphatic carboxylic acids is 1. The van der Waals surface area contributed by atoms with Gasteiger partial charge in [-0.1, -0.05) is 61.4 Å². The minimum Gasteiger partial charge on any atom is -0.481 e. The van der Waals surface area contributed by atoms with Crippen LogP contribution >= 0.6 is 0 Å². The lowest BCUT2D eigenvalue weighted by Crippen LogP contribution is -2.36. The summed E-state index contributed by atoms with van der Waals surface area (Å²) in [5, 5.41) is 12.0. The largest absolute Gasteiger partial charge is 0.481 e. The van der Waals surface area contributed by atoms with Gasteiger partial charge in [-0.05, 0) is 41.0 Å². The molecule has 1 aliphatic heterocycles. The number of carbonyl (C=O) groups is 3. The maximum atomic E-state index is 12.3. The lowest BCUT2D eigenvalue weighted by Gasteiger charge is -2.21. The fourth-order valence-corrected chi connectivity index (χ4v) is 4.55. The van der Waals surface area contributed by atoms with E-state index in [4.69, 9.17) is 4.74 Å². The van der Waals surface area contributed by atoms with E-state index in [0.29, 0.717) is 6.54 Å². The average Bonchev–Trinajstić information content (AvgIpc) is 3.30. The van der Waals surface area contributed by atoms with E-state index in [9.17, 15) is 19.5 Å². The molecule has 1 saturated heterocycles. The molecule has 7 heteroatoms. The van der Waals surface area contributed by atoms with Gasteiger partial charge in [0.05, 0.1) is 12.0 Å². The summed E-state index contributed by atoms with van der Waals surface area (Å²) < 4.78 is 5.44. The standard InChI is InChI=1S/C26H26N2O5/c1-17-14-28(16-26(17,2)24(30)31)23(29)12-7-13-27-25(32)33-15-22-20-10-5-3-8-18(20)19-9-4-6-11-21(19)22/h3-6,8-11,17,22H,13-16H2,1-2H3,(H,27,32)(H,30,31)/t17-,26-/m1/s1. The summed E-state index contributed by atoms with van der Waals surface area (Å²) in [4.78, 5) is 37.4. The van der Waals surface area contributed by atoms with Crippen molar-refractivity contribution in [3.63, 3.8) is 0 Å². The predicted octanol–water partition coefficient (Wildman–Crippen LogP) is 3.10. The van der Waals surface area contributed by atoms with E-state index in [0.717, 1.165) is 22.3 Å². The molecule has 2 aromatic rings. The summed E-state index contributed by atoms with van der Waals surface area (Å²) in [7, 11) is 0. The number of nitrogens with zero attached hydrogens (tertiary/aromatic N) is 1. The van der Waals surface area contributed by atoms with Gasteiger partial charge in [0.25, 0.3) is 5.91 Å². The van der Waals surface area contributed by atoms with Gasteiger partial charge in [-0.25, -0.2) is 4.79 Å². The molecule has 1 heterocycles. The highest BCUT2D eigenvalue weighted by Crippen LogP contribution is 2.44.